The minimum atomic E-state index is 0.138. The van der Waals surface area contributed by atoms with Gasteiger partial charge in [0.1, 0.15) is 12.4 Å². The molecule has 134 valence electrons. The molecule has 0 saturated heterocycles. The van der Waals surface area contributed by atoms with Crippen LogP contribution in [0.2, 0.25) is 0 Å². The first-order valence-corrected chi connectivity index (χ1v) is 8.89. The van der Waals surface area contributed by atoms with Crippen molar-refractivity contribution in [3.05, 3.63) is 72.3 Å². The van der Waals surface area contributed by atoms with E-state index in [9.17, 15) is 5.11 Å². The average Bonchev–Trinajstić information content (AvgIpc) is 3.15. The number of hydrogen-bond acceptors (Lipinski definition) is 4. The van der Waals surface area contributed by atoms with E-state index in [0.29, 0.717) is 24.2 Å². The van der Waals surface area contributed by atoms with Gasteiger partial charge < -0.3 is 19.9 Å². The topological polar surface area (TPSA) is 50.7 Å². The van der Waals surface area contributed by atoms with Crippen molar-refractivity contribution >= 4 is 5.69 Å². The van der Waals surface area contributed by atoms with Gasteiger partial charge in [0.2, 0.25) is 0 Å². The third kappa shape index (κ3) is 2.81. The van der Waals surface area contributed by atoms with E-state index in [2.05, 4.69) is 36.2 Å². The van der Waals surface area contributed by atoms with Crippen molar-refractivity contribution in [2.45, 2.75) is 18.4 Å². The molecule has 2 aromatic rings. The lowest BCUT2D eigenvalue weighted by Crippen LogP contribution is -2.29. The number of phenols is 1. The Morgan fingerprint density at radius 3 is 2.92 bits per heavy atom. The molecule has 1 heterocycles. The summed E-state index contributed by atoms with van der Waals surface area (Å²) in [6.07, 6.45) is 7.30. The van der Waals surface area contributed by atoms with E-state index >= 15 is 0 Å². The molecule has 4 rings (SSSR count). The fourth-order valence-corrected chi connectivity index (χ4v) is 4.05. The average molecular weight is 349 g/mol. The molecule has 26 heavy (non-hydrogen) atoms. The maximum Gasteiger partial charge on any atom is 0.160 e. The minimum Gasteiger partial charge on any atom is -0.504 e. The van der Waals surface area contributed by atoms with Crippen LogP contribution in [0.1, 0.15) is 29.5 Å². The molecule has 0 amide bonds. The van der Waals surface area contributed by atoms with Crippen LogP contribution < -0.4 is 14.8 Å². The lowest BCUT2D eigenvalue weighted by molar-refractivity contribution is 0.360. The van der Waals surface area contributed by atoms with Crippen LogP contribution >= 0.6 is 0 Å². The van der Waals surface area contributed by atoms with Gasteiger partial charge in [0, 0.05) is 11.6 Å². The first kappa shape index (κ1) is 16.6. The molecule has 1 aliphatic carbocycles. The van der Waals surface area contributed by atoms with E-state index < -0.39 is 0 Å². The molecule has 0 bridgehead atoms. The molecule has 0 fully saturated rings. The number of phenolic OH excluding ortho intramolecular Hbond substituents is 1. The molecule has 2 N–H and O–H groups in total. The Kier molecular flexibility index (Phi) is 4.33. The third-order valence-electron chi connectivity index (χ3n) is 5.26. The SMILES string of the molecule is C=CCOc1ccc2c(c1)C1C=CCC1C(c1ccc(OC)c(O)c1)N2. The molecule has 0 aromatic heterocycles. The number of aromatic hydroxyl groups is 1. The van der Waals surface area contributed by atoms with Crippen molar-refractivity contribution < 1.29 is 14.6 Å². The Balaban J connectivity index is 1.69. The zero-order valence-corrected chi connectivity index (χ0v) is 14.8. The van der Waals surface area contributed by atoms with Crippen molar-refractivity contribution in [2.24, 2.45) is 5.92 Å². The van der Waals surface area contributed by atoms with Crippen molar-refractivity contribution in [3.8, 4) is 17.2 Å². The summed E-state index contributed by atoms with van der Waals surface area (Å²) in [5.74, 6) is 2.28. The van der Waals surface area contributed by atoms with Crippen LogP contribution in [0.15, 0.2) is 61.2 Å². The Morgan fingerprint density at radius 2 is 2.15 bits per heavy atom. The normalized spacial score (nSPS) is 22.9. The number of allylic oxidation sites excluding steroid dienone is 2. The van der Waals surface area contributed by atoms with Gasteiger partial charge in [-0.1, -0.05) is 30.9 Å². The number of ether oxygens (including phenoxy) is 2. The highest BCUT2D eigenvalue weighted by Crippen LogP contribution is 2.51. The highest BCUT2D eigenvalue weighted by atomic mass is 16.5. The van der Waals surface area contributed by atoms with Crippen molar-refractivity contribution in [1.82, 2.24) is 0 Å². The zero-order chi connectivity index (χ0) is 18.1. The summed E-state index contributed by atoms with van der Waals surface area (Å²) in [4.78, 5) is 0. The van der Waals surface area contributed by atoms with Gasteiger partial charge in [0.15, 0.2) is 11.5 Å². The maximum absolute atomic E-state index is 10.2. The van der Waals surface area contributed by atoms with Crippen LogP contribution in [0.25, 0.3) is 0 Å². The molecule has 0 spiro atoms. The molecule has 0 saturated carbocycles. The number of benzene rings is 2. The molecule has 4 nitrogen and oxygen atoms in total. The lowest BCUT2D eigenvalue weighted by Gasteiger charge is -2.37. The molecule has 3 unspecified atom stereocenters. The number of anilines is 1. The van der Waals surface area contributed by atoms with Gasteiger partial charge >= 0.3 is 0 Å². The van der Waals surface area contributed by atoms with Crippen LogP contribution in [0, 0.1) is 5.92 Å². The van der Waals surface area contributed by atoms with Crippen LogP contribution in [-0.2, 0) is 0 Å². The third-order valence-corrected chi connectivity index (χ3v) is 5.26. The van der Waals surface area contributed by atoms with E-state index in [0.717, 1.165) is 23.4 Å². The lowest BCUT2D eigenvalue weighted by atomic mass is 9.77. The van der Waals surface area contributed by atoms with Crippen molar-refractivity contribution in [2.75, 3.05) is 19.0 Å². The molecule has 1 aliphatic heterocycles. The van der Waals surface area contributed by atoms with Crippen molar-refractivity contribution in [1.29, 1.82) is 0 Å². The van der Waals surface area contributed by atoms with E-state index in [-0.39, 0.29) is 11.8 Å². The molecule has 2 aromatic carbocycles. The second-order valence-electron chi connectivity index (χ2n) is 6.76. The van der Waals surface area contributed by atoms with Gasteiger partial charge in [-0.25, -0.2) is 0 Å². The molecule has 4 heteroatoms. The fraction of sp³-hybridized carbons (Fsp3) is 0.273. The minimum absolute atomic E-state index is 0.138. The number of methoxy groups -OCH3 is 1. The summed E-state index contributed by atoms with van der Waals surface area (Å²) in [5.41, 5.74) is 3.45. The molecule has 3 atom stereocenters. The number of nitrogens with one attached hydrogen (secondary N) is 1. The van der Waals surface area contributed by atoms with Gasteiger partial charge in [-0.05, 0) is 53.8 Å². The summed E-state index contributed by atoms with van der Waals surface area (Å²) in [7, 11) is 1.56. The molecular weight excluding hydrogens is 326 g/mol. The number of fused-ring (bicyclic) bond motifs is 3. The van der Waals surface area contributed by atoms with Crippen LogP contribution in [0.4, 0.5) is 5.69 Å². The van der Waals surface area contributed by atoms with E-state index in [1.165, 1.54) is 5.56 Å². The Morgan fingerprint density at radius 1 is 1.27 bits per heavy atom. The first-order valence-electron chi connectivity index (χ1n) is 8.89. The zero-order valence-electron chi connectivity index (χ0n) is 14.8. The molecule has 0 radical (unpaired) electrons. The molecular formula is C22H23NO3. The largest absolute Gasteiger partial charge is 0.504 e. The van der Waals surface area contributed by atoms with Crippen LogP contribution in [0.3, 0.4) is 0 Å². The Bertz CT molecular complexity index is 858. The van der Waals surface area contributed by atoms with Gasteiger partial charge in [0.05, 0.1) is 13.2 Å². The van der Waals surface area contributed by atoms with Gasteiger partial charge in [0.25, 0.3) is 0 Å². The Hall–Kier alpha value is -2.88. The summed E-state index contributed by atoms with van der Waals surface area (Å²) < 4.78 is 10.9. The number of hydrogen-bond donors (Lipinski definition) is 2. The summed E-state index contributed by atoms with van der Waals surface area (Å²) in [6, 6.07) is 12.0. The van der Waals surface area contributed by atoms with Gasteiger partial charge in [-0.2, -0.15) is 0 Å². The van der Waals surface area contributed by atoms with Gasteiger partial charge in [-0.3, -0.25) is 0 Å². The van der Waals surface area contributed by atoms with Crippen LogP contribution in [0.5, 0.6) is 17.2 Å². The highest BCUT2D eigenvalue weighted by Gasteiger charge is 2.38. The standard InChI is InChI=1S/C22H23NO3/c1-3-11-26-15-8-9-19-18(13-15)16-5-4-6-17(16)22(23-19)14-7-10-21(25-2)20(24)12-14/h3-5,7-10,12-13,16-17,22-24H,1,6,11H2,2H3. The smallest absolute Gasteiger partial charge is 0.160 e. The second kappa shape index (κ2) is 6.79. The van der Waals surface area contributed by atoms with Crippen molar-refractivity contribution in [3.63, 3.8) is 0 Å². The monoisotopic (exact) mass is 349 g/mol. The predicted octanol–water partition coefficient (Wildman–Crippen LogP) is 4.79. The quantitative estimate of drug-likeness (QED) is 0.762. The van der Waals surface area contributed by atoms with E-state index in [1.54, 1.807) is 19.3 Å². The predicted molar refractivity (Wildman–Crippen MR) is 103 cm³/mol. The van der Waals surface area contributed by atoms with Gasteiger partial charge in [-0.15, -0.1) is 0 Å². The van der Waals surface area contributed by atoms with E-state index in [4.69, 9.17) is 9.47 Å². The maximum atomic E-state index is 10.2. The Labute approximate surface area is 153 Å². The summed E-state index contributed by atoms with van der Waals surface area (Å²) >= 11 is 0. The first-order chi connectivity index (χ1) is 12.7. The highest BCUT2D eigenvalue weighted by molar-refractivity contribution is 5.62. The fourth-order valence-electron chi connectivity index (χ4n) is 4.05. The number of rotatable bonds is 5. The summed E-state index contributed by atoms with van der Waals surface area (Å²) in [6.45, 7) is 4.21. The van der Waals surface area contributed by atoms with Crippen LogP contribution in [-0.4, -0.2) is 18.8 Å². The summed E-state index contributed by atoms with van der Waals surface area (Å²) in [5, 5.41) is 13.8. The molecule has 2 aliphatic rings. The van der Waals surface area contributed by atoms with E-state index in [1.807, 2.05) is 18.2 Å². The second-order valence-corrected chi connectivity index (χ2v) is 6.76.